The highest BCUT2D eigenvalue weighted by Gasteiger charge is 2.20. The maximum atomic E-state index is 6.06. The van der Waals surface area contributed by atoms with Crippen LogP contribution in [0.3, 0.4) is 0 Å². The summed E-state index contributed by atoms with van der Waals surface area (Å²) in [4.78, 5) is 6.07. The molecule has 0 unspecified atom stereocenters. The second kappa shape index (κ2) is 7.29. The largest absolute Gasteiger partial charge is 0.461 e. The average molecular weight is 448 g/mol. The molecular weight excluding hydrogens is 422 g/mol. The lowest BCUT2D eigenvalue weighted by atomic mass is 9.82. The quantitative estimate of drug-likeness (QED) is 0.264. The number of hydrogen-bond donors (Lipinski definition) is 0. The van der Waals surface area contributed by atoms with Crippen molar-refractivity contribution in [2.75, 3.05) is 0 Å². The zero-order chi connectivity index (χ0) is 22.7. The molecule has 6 aromatic rings. The third-order valence-corrected chi connectivity index (χ3v) is 7.50. The third-order valence-electron chi connectivity index (χ3n) is 6.31. The van der Waals surface area contributed by atoms with Crippen molar-refractivity contribution in [3.8, 4) is 21.7 Å². The van der Waals surface area contributed by atoms with Gasteiger partial charge in [-0.1, -0.05) is 57.2 Å². The molecule has 0 atom stereocenters. The van der Waals surface area contributed by atoms with Gasteiger partial charge >= 0.3 is 0 Å². The van der Waals surface area contributed by atoms with E-state index in [1.54, 1.807) is 11.3 Å². The van der Waals surface area contributed by atoms with Crippen molar-refractivity contribution in [3.05, 3.63) is 90.3 Å². The average Bonchev–Trinajstić information content (AvgIpc) is 3.39. The Kier molecular flexibility index (Phi) is 4.46. The van der Waals surface area contributed by atoms with E-state index in [1.165, 1.54) is 36.9 Å². The molecule has 3 heteroatoms. The van der Waals surface area contributed by atoms with Crippen molar-refractivity contribution < 1.29 is 4.42 Å². The number of para-hydroxylation sites is 1. The molecule has 0 amide bonds. The second-order valence-electron chi connectivity index (χ2n) is 9.76. The van der Waals surface area contributed by atoms with Crippen molar-refractivity contribution in [1.29, 1.82) is 0 Å². The Hall–Kier alpha value is -3.43. The normalized spacial score (nSPS) is 12.2. The summed E-state index contributed by atoms with van der Waals surface area (Å²) in [5, 5.41) is 4.93. The highest BCUT2D eigenvalue weighted by atomic mass is 32.1. The van der Waals surface area contributed by atoms with Crippen molar-refractivity contribution in [2.45, 2.75) is 33.1 Å². The van der Waals surface area contributed by atoms with Gasteiger partial charge in [0.15, 0.2) is 0 Å². The molecule has 162 valence electrons. The molecule has 33 heavy (non-hydrogen) atoms. The van der Waals surface area contributed by atoms with Crippen LogP contribution in [0.4, 0.5) is 0 Å². The monoisotopic (exact) mass is 447 g/mol. The number of hydrogen-bond acceptors (Lipinski definition) is 3. The van der Waals surface area contributed by atoms with Crippen LogP contribution in [0.2, 0.25) is 0 Å². The van der Waals surface area contributed by atoms with Gasteiger partial charge in [-0.15, -0.1) is 11.3 Å². The zero-order valence-corrected chi connectivity index (χ0v) is 20.1. The molecule has 2 nitrogen and oxygen atoms in total. The fraction of sp³-hybridized carbons (Fsp3) is 0.167. The summed E-state index contributed by atoms with van der Waals surface area (Å²) >= 11 is 1.79. The first-order valence-electron chi connectivity index (χ1n) is 11.3. The summed E-state index contributed by atoms with van der Waals surface area (Å²) in [7, 11) is 0. The predicted molar refractivity (Wildman–Crippen MR) is 141 cm³/mol. The number of rotatable bonds is 2. The van der Waals surface area contributed by atoms with E-state index in [-0.39, 0.29) is 5.41 Å². The van der Waals surface area contributed by atoms with E-state index in [0.717, 1.165) is 28.0 Å². The number of pyridine rings is 1. The van der Waals surface area contributed by atoms with Crippen molar-refractivity contribution in [3.63, 3.8) is 0 Å². The summed E-state index contributed by atoms with van der Waals surface area (Å²) in [5.41, 5.74) is 5.70. The predicted octanol–water partition coefficient (Wildman–Crippen LogP) is 9.14. The van der Waals surface area contributed by atoms with Gasteiger partial charge in [0, 0.05) is 27.6 Å². The zero-order valence-electron chi connectivity index (χ0n) is 19.3. The number of benzene rings is 3. The van der Waals surface area contributed by atoms with E-state index in [9.17, 15) is 0 Å². The van der Waals surface area contributed by atoms with E-state index in [2.05, 4.69) is 93.6 Å². The van der Waals surface area contributed by atoms with Gasteiger partial charge < -0.3 is 4.42 Å². The molecule has 0 bridgehead atoms. The molecule has 0 N–H and O–H groups in total. The Bertz CT molecular complexity index is 1660. The Balaban J connectivity index is 1.59. The Labute approximate surface area is 197 Å². The van der Waals surface area contributed by atoms with E-state index in [1.807, 2.05) is 13.1 Å². The number of aromatic nitrogens is 1. The molecule has 0 saturated carbocycles. The number of aryl methyl sites for hydroxylation is 1. The van der Waals surface area contributed by atoms with Crippen molar-refractivity contribution in [2.24, 2.45) is 0 Å². The standard InChI is InChI=1S/C30H25NOS/c1-18-14-20-9-7-11-24(28(20)32-18)26-17-21-12-13-31-27(29(21)33-26)22-15-19-8-5-6-10-23(19)25(16-22)30(2,3)4/h5-17H,1-4H3. The van der Waals surface area contributed by atoms with Crippen LogP contribution in [-0.4, -0.2) is 4.98 Å². The first kappa shape index (κ1) is 20.2. The van der Waals surface area contributed by atoms with Crippen molar-refractivity contribution in [1.82, 2.24) is 4.98 Å². The minimum absolute atomic E-state index is 0.0386. The molecule has 3 aromatic heterocycles. The van der Waals surface area contributed by atoms with Crippen LogP contribution in [-0.2, 0) is 5.41 Å². The van der Waals surface area contributed by atoms with Gasteiger partial charge in [-0.2, -0.15) is 0 Å². The molecule has 0 aliphatic heterocycles. The van der Waals surface area contributed by atoms with Gasteiger partial charge in [0.05, 0.1) is 10.4 Å². The summed E-state index contributed by atoms with van der Waals surface area (Å²) in [6.45, 7) is 8.84. The molecule has 3 heterocycles. The van der Waals surface area contributed by atoms with E-state index in [0.29, 0.717) is 0 Å². The Morgan fingerprint density at radius 3 is 2.48 bits per heavy atom. The summed E-state index contributed by atoms with van der Waals surface area (Å²) in [6.07, 6.45) is 1.93. The van der Waals surface area contributed by atoms with Crippen molar-refractivity contribution >= 4 is 43.2 Å². The van der Waals surface area contributed by atoms with Gasteiger partial charge in [0.2, 0.25) is 0 Å². The lowest BCUT2D eigenvalue weighted by Gasteiger charge is -2.22. The SMILES string of the molecule is Cc1cc2cccc(-c3cc4ccnc(-c5cc(C(C)(C)C)c6ccccc6c5)c4s3)c2o1. The highest BCUT2D eigenvalue weighted by molar-refractivity contribution is 7.22. The molecular formula is C30H25NOS. The highest BCUT2D eigenvalue weighted by Crippen LogP contribution is 2.42. The minimum atomic E-state index is 0.0386. The molecule has 0 aliphatic rings. The minimum Gasteiger partial charge on any atom is -0.461 e. The first-order chi connectivity index (χ1) is 15.9. The van der Waals surface area contributed by atoms with Crippen LogP contribution < -0.4 is 0 Å². The molecule has 3 aromatic carbocycles. The van der Waals surface area contributed by atoms with Gasteiger partial charge in [0.1, 0.15) is 11.3 Å². The first-order valence-corrected chi connectivity index (χ1v) is 12.1. The van der Waals surface area contributed by atoms with Gasteiger partial charge in [0.25, 0.3) is 0 Å². The Morgan fingerprint density at radius 2 is 1.64 bits per heavy atom. The molecule has 0 saturated heterocycles. The van der Waals surface area contributed by atoms with Gasteiger partial charge in [-0.05, 0) is 70.5 Å². The third kappa shape index (κ3) is 3.35. The maximum absolute atomic E-state index is 6.06. The molecule has 0 radical (unpaired) electrons. The topological polar surface area (TPSA) is 26.0 Å². The smallest absolute Gasteiger partial charge is 0.142 e. The lowest BCUT2D eigenvalue weighted by molar-refractivity contribution is 0.579. The molecule has 0 fully saturated rings. The van der Waals surface area contributed by atoms with Crippen LogP contribution in [0.25, 0.3) is 53.5 Å². The van der Waals surface area contributed by atoms with Crippen LogP contribution in [0.1, 0.15) is 32.1 Å². The van der Waals surface area contributed by atoms with E-state index >= 15 is 0 Å². The fourth-order valence-electron chi connectivity index (χ4n) is 4.76. The number of furan rings is 1. The molecule has 0 aliphatic carbocycles. The second-order valence-corrected chi connectivity index (χ2v) is 10.8. The van der Waals surface area contributed by atoms with Crippen LogP contribution in [0.5, 0.6) is 0 Å². The molecule has 0 spiro atoms. The lowest BCUT2D eigenvalue weighted by Crippen LogP contribution is -2.12. The van der Waals surface area contributed by atoms with Crippen LogP contribution >= 0.6 is 11.3 Å². The number of nitrogens with zero attached hydrogens (tertiary/aromatic N) is 1. The number of thiophene rings is 1. The summed E-state index contributed by atoms with van der Waals surface area (Å²) in [6, 6.07) is 26.1. The van der Waals surface area contributed by atoms with Crippen LogP contribution in [0.15, 0.2) is 83.4 Å². The summed E-state index contributed by atoms with van der Waals surface area (Å²) < 4.78 is 7.27. The van der Waals surface area contributed by atoms with Crippen LogP contribution in [0, 0.1) is 6.92 Å². The van der Waals surface area contributed by atoms with Gasteiger partial charge in [-0.3, -0.25) is 4.98 Å². The van der Waals surface area contributed by atoms with Gasteiger partial charge in [-0.25, -0.2) is 0 Å². The number of fused-ring (bicyclic) bond motifs is 3. The molecule has 6 rings (SSSR count). The van der Waals surface area contributed by atoms with E-state index in [4.69, 9.17) is 9.40 Å². The van der Waals surface area contributed by atoms with E-state index < -0.39 is 0 Å². The Morgan fingerprint density at radius 1 is 0.818 bits per heavy atom. The fourth-order valence-corrected chi connectivity index (χ4v) is 5.95. The summed E-state index contributed by atoms with van der Waals surface area (Å²) in [5.74, 6) is 0.937. The maximum Gasteiger partial charge on any atom is 0.142 e.